The minimum Gasteiger partial charge on any atom is -0.436 e. The van der Waals surface area contributed by atoms with Crippen molar-refractivity contribution < 1.29 is 4.74 Å². The summed E-state index contributed by atoms with van der Waals surface area (Å²) in [5, 5.41) is 17.1. The molecular formula is C13H11BrN4O. The number of nitriles is 1. The third kappa shape index (κ3) is 2.83. The Bertz CT molecular complexity index is 659. The molecule has 0 amide bonds. The van der Waals surface area contributed by atoms with Crippen LogP contribution in [0.25, 0.3) is 0 Å². The Morgan fingerprint density at radius 3 is 2.63 bits per heavy atom. The van der Waals surface area contributed by atoms with E-state index in [0.29, 0.717) is 22.7 Å². The number of ether oxygens (including phenoxy) is 1. The van der Waals surface area contributed by atoms with Gasteiger partial charge in [-0.05, 0) is 31.5 Å². The SMILES string of the molecule is Cc1nnc(Oc2cc(N)cc(Br)c2)c(C#N)c1C. The third-order valence-electron chi connectivity index (χ3n) is 2.64. The van der Waals surface area contributed by atoms with Gasteiger partial charge < -0.3 is 10.5 Å². The summed E-state index contributed by atoms with van der Waals surface area (Å²) in [5.74, 6) is 0.684. The standard InChI is InChI=1S/C13H11BrN4O/c1-7-8(2)17-18-13(12(7)6-15)19-11-4-9(14)3-10(16)5-11/h3-5H,16H2,1-2H3. The van der Waals surface area contributed by atoms with E-state index >= 15 is 0 Å². The fraction of sp³-hybridized carbons (Fsp3) is 0.154. The molecule has 0 saturated heterocycles. The lowest BCUT2D eigenvalue weighted by Gasteiger charge is -2.09. The fourth-order valence-electron chi connectivity index (χ4n) is 1.54. The van der Waals surface area contributed by atoms with E-state index in [4.69, 9.17) is 10.5 Å². The van der Waals surface area contributed by atoms with Gasteiger partial charge in [0.1, 0.15) is 17.4 Å². The lowest BCUT2D eigenvalue weighted by molar-refractivity contribution is 0.452. The highest BCUT2D eigenvalue weighted by Gasteiger charge is 2.13. The molecule has 0 bridgehead atoms. The fourth-order valence-corrected chi connectivity index (χ4v) is 2.03. The minimum absolute atomic E-state index is 0.183. The van der Waals surface area contributed by atoms with Crippen molar-refractivity contribution in [2.45, 2.75) is 13.8 Å². The normalized spacial score (nSPS) is 10.0. The van der Waals surface area contributed by atoms with Crippen molar-refractivity contribution in [2.75, 3.05) is 5.73 Å². The van der Waals surface area contributed by atoms with Gasteiger partial charge in [-0.15, -0.1) is 5.10 Å². The Morgan fingerprint density at radius 2 is 2.00 bits per heavy atom. The summed E-state index contributed by atoms with van der Waals surface area (Å²) >= 11 is 3.33. The van der Waals surface area contributed by atoms with E-state index < -0.39 is 0 Å². The molecule has 5 nitrogen and oxygen atoms in total. The first-order valence-corrected chi connectivity index (χ1v) is 6.28. The maximum atomic E-state index is 9.18. The van der Waals surface area contributed by atoms with Gasteiger partial charge in [0, 0.05) is 16.2 Å². The Kier molecular flexibility index (Phi) is 3.67. The zero-order valence-corrected chi connectivity index (χ0v) is 12.0. The highest BCUT2D eigenvalue weighted by molar-refractivity contribution is 9.10. The van der Waals surface area contributed by atoms with E-state index in [2.05, 4.69) is 32.2 Å². The molecule has 0 aliphatic rings. The van der Waals surface area contributed by atoms with Crippen molar-refractivity contribution in [3.8, 4) is 17.7 Å². The number of rotatable bonds is 2. The van der Waals surface area contributed by atoms with E-state index in [1.165, 1.54) is 0 Å². The van der Waals surface area contributed by atoms with Gasteiger partial charge in [0.2, 0.25) is 0 Å². The molecular weight excluding hydrogens is 308 g/mol. The molecule has 1 aromatic carbocycles. The molecule has 0 aliphatic carbocycles. The van der Waals surface area contributed by atoms with Gasteiger partial charge in [0.15, 0.2) is 0 Å². The molecule has 6 heteroatoms. The van der Waals surface area contributed by atoms with Crippen molar-refractivity contribution in [1.29, 1.82) is 5.26 Å². The Balaban J connectivity index is 2.44. The van der Waals surface area contributed by atoms with Gasteiger partial charge >= 0.3 is 0 Å². The molecule has 19 heavy (non-hydrogen) atoms. The van der Waals surface area contributed by atoms with Crippen molar-refractivity contribution in [3.05, 3.63) is 39.5 Å². The van der Waals surface area contributed by atoms with Crippen LogP contribution in [0.3, 0.4) is 0 Å². The zero-order valence-electron chi connectivity index (χ0n) is 10.4. The topological polar surface area (TPSA) is 84.8 Å². The maximum Gasteiger partial charge on any atom is 0.257 e. The molecule has 0 unspecified atom stereocenters. The van der Waals surface area contributed by atoms with E-state index in [-0.39, 0.29) is 5.88 Å². The third-order valence-corrected chi connectivity index (χ3v) is 3.10. The second kappa shape index (κ2) is 5.24. The predicted molar refractivity (Wildman–Crippen MR) is 74.8 cm³/mol. The largest absolute Gasteiger partial charge is 0.436 e. The van der Waals surface area contributed by atoms with Crippen LogP contribution in [0.15, 0.2) is 22.7 Å². The molecule has 0 spiro atoms. The number of aromatic nitrogens is 2. The second-order valence-corrected chi connectivity index (χ2v) is 4.94. The monoisotopic (exact) mass is 318 g/mol. The van der Waals surface area contributed by atoms with Gasteiger partial charge in [-0.25, -0.2) is 0 Å². The molecule has 0 fully saturated rings. The summed E-state index contributed by atoms with van der Waals surface area (Å²) in [5.41, 5.74) is 8.13. The van der Waals surface area contributed by atoms with Crippen LogP contribution in [-0.4, -0.2) is 10.2 Å². The summed E-state index contributed by atoms with van der Waals surface area (Å²) in [6.07, 6.45) is 0. The van der Waals surface area contributed by atoms with Crippen molar-refractivity contribution in [1.82, 2.24) is 10.2 Å². The molecule has 0 atom stereocenters. The van der Waals surface area contributed by atoms with Crippen molar-refractivity contribution in [2.24, 2.45) is 0 Å². The summed E-state index contributed by atoms with van der Waals surface area (Å²) < 4.78 is 6.38. The van der Waals surface area contributed by atoms with Crippen LogP contribution in [0.1, 0.15) is 16.8 Å². The first kappa shape index (κ1) is 13.3. The maximum absolute atomic E-state index is 9.18. The molecule has 2 rings (SSSR count). The molecule has 2 aromatic rings. The van der Waals surface area contributed by atoms with Gasteiger partial charge in [-0.2, -0.15) is 10.4 Å². The number of nitrogens with zero attached hydrogens (tertiary/aromatic N) is 3. The number of nitrogen functional groups attached to an aromatic ring is 1. The highest BCUT2D eigenvalue weighted by Crippen LogP contribution is 2.29. The number of hydrogen-bond donors (Lipinski definition) is 1. The Morgan fingerprint density at radius 1 is 1.26 bits per heavy atom. The summed E-state index contributed by atoms with van der Waals surface area (Å²) in [6.45, 7) is 3.61. The number of aryl methyl sites for hydroxylation is 1. The van der Waals surface area contributed by atoms with Crippen LogP contribution in [0, 0.1) is 25.2 Å². The zero-order chi connectivity index (χ0) is 14.0. The predicted octanol–water partition coefficient (Wildman–Crippen LogP) is 3.10. The van der Waals surface area contributed by atoms with Gasteiger partial charge in [-0.3, -0.25) is 0 Å². The summed E-state index contributed by atoms with van der Waals surface area (Å²) in [7, 11) is 0. The van der Waals surface area contributed by atoms with Crippen LogP contribution in [0.4, 0.5) is 5.69 Å². The molecule has 96 valence electrons. The number of anilines is 1. The number of benzene rings is 1. The average Bonchev–Trinajstić information content (AvgIpc) is 2.33. The average molecular weight is 319 g/mol. The number of nitrogens with two attached hydrogens (primary N) is 1. The number of hydrogen-bond acceptors (Lipinski definition) is 5. The van der Waals surface area contributed by atoms with E-state index in [1.54, 1.807) is 25.1 Å². The van der Waals surface area contributed by atoms with Crippen molar-refractivity contribution in [3.63, 3.8) is 0 Å². The Labute approximate surface area is 119 Å². The highest BCUT2D eigenvalue weighted by atomic mass is 79.9. The molecule has 0 saturated carbocycles. The lowest BCUT2D eigenvalue weighted by atomic mass is 10.1. The Hall–Kier alpha value is -2.13. The minimum atomic E-state index is 0.183. The van der Waals surface area contributed by atoms with Crippen molar-refractivity contribution >= 4 is 21.6 Å². The molecule has 2 N–H and O–H groups in total. The summed E-state index contributed by atoms with van der Waals surface area (Å²) in [4.78, 5) is 0. The van der Waals surface area contributed by atoms with E-state index in [1.807, 2.05) is 6.92 Å². The van der Waals surface area contributed by atoms with E-state index in [9.17, 15) is 5.26 Å². The van der Waals surface area contributed by atoms with Crippen LogP contribution in [0.2, 0.25) is 0 Å². The van der Waals surface area contributed by atoms with Crippen LogP contribution in [-0.2, 0) is 0 Å². The lowest BCUT2D eigenvalue weighted by Crippen LogP contribution is -2.00. The molecule has 1 aromatic heterocycles. The van der Waals surface area contributed by atoms with Crippen LogP contribution < -0.4 is 10.5 Å². The molecule has 1 heterocycles. The van der Waals surface area contributed by atoms with Crippen LogP contribution in [0.5, 0.6) is 11.6 Å². The quantitative estimate of drug-likeness (QED) is 0.860. The van der Waals surface area contributed by atoms with Gasteiger partial charge in [0.05, 0.1) is 5.69 Å². The molecule has 0 radical (unpaired) electrons. The molecule has 0 aliphatic heterocycles. The summed E-state index contributed by atoms with van der Waals surface area (Å²) in [6, 6.07) is 7.24. The first-order chi connectivity index (χ1) is 9.01. The van der Waals surface area contributed by atoms with E-state index in [0.717, 1.165) is 10.0 Å². The van der Waals surface area contributed by atoms with Crippen LogP contribution >= 0.6 is 15.9 Å². The first-order valence-electron chi connectivity index (χ1n) is 5.49. The van der Waals surface area contributed by atoms with Gasteiger partial charge in [0.25, 0.3) is 5.88 Å². The smallest absolute Gasteiger partial charge is 0.257 e. The van der Waals surface area contributed by atoms with Gasteiger partial charge in [-0.1, -0.05) is 15.9 Å². The number of halogens is 1. The second-order valence-electron chi connectivity index (χ2n) is 4.02.